The highest BCUT2D eigenvalue weighted by molar-refractivity contribution is 7.03. The van der Waals surface area contributed by atoms with Gasteiger partial charge in [0.1, 0.15) is 16.9 Å². The quantitative estimate of drug-likeness (QED) is 0.254. The minimum atomic E-state index is 0.213. The number of hydrogen-bond donors (Lipinski definition) is 1. The Balaban J connectivity index is 1.29. The summed E-state index contributed by atoms with van der Waals surface area (Å²) in [7, 11) is 0. The highest BCUT2D eigenvalue weighted by Crippen LogP contribution is 2.33. The molecule has 170 valence electrons. The maximum atomic E-state index is 9.42. The van der Waals surface area contributed by atoms with Gasteiger partial charge >= 0.3 is 0 Å². The lowest BCUT2D eigenvalue weighted by molar-refractivity contribution is 0.693. The van der Waals surface area contributed by atoms with E-state index in [1.165, 1.54) is 22.7 Å². The van der Waals surface area contributed by atoms with Crippen molar-refractivity contribution in [2.24, 2.45) is 0 Å². The molecule has 5 rings (SSSR count). The third-order valence-corrected chi connectivity index (χ3v) is 6.47. The van der Waals surface area contributed by atoms with Crippen LogP contribution in [0.2, 0.25) is 5.15 Å². The van der Waals surface area contributed by atoms with Crippen LogP contribution in [0.4, 0.5) is 0 Å². The molecule has 0 aliphatic heterocycles. The van der Waals surface area contributed by atoms with Gasteiger partial charge in [-0.2, -0.15) is 5.26 Å². The molecule has 0 unspecified atom stereocenters. The van der Waals surface area contributed by atoms with Crippen molar-refractivity contribution in [3.05, 3.63) is 112 Å². The number of hydrogen-bond acceptors (Lipinski definition) is 6. The largest absolute Gasteiger partial charge is 0.309 e. The summed E-state index contributed by atoms with van der Waals surface area (Å²) in [6.45, 7) is 1.51. The molecule has 0 fully saturated rings. The Hall–Kier alpha value is -3.89. The highest BCUT2D eigenvalue weighted by atomic mass is 35.5. The molecule has 0 aliphatic rings. The number of rotatable bonds is 7. The number of halogens is 1. The zero-order valence-electron chi connectivity index (χ0n) is 18.6. The molecule has 2 aromatic heterocycles. The first-order valence-corrected chi connectivity index (χ1v) is 12.2. The molecule has 2 heterocycles. The second kappa shape index (κ2) is 10.6. The maximum Gasteiger partial charge on any atom is 0.147 e. The van der Waals surface area contributed by atoms with Gasteiger partial charge in [0.05, 0.1) is 11.3 Å². The second-order valence-corrected chi connectivity index (χ2v) is 8.96. The second-order valence-electron chi connectivity index (χ2n) is 7.99. The molecule has 3 aromatic carbocycles. The number of benzene rings is 3. The Morgan fingerprint density at radius 3 is 2.09 bits per heavy atom. The van der Waals surface area contributed by atoms with Crippen LogP contribution in [-0.2, 0) is 13.1 Å². The Bertz CT molecular complexity index is 1460. The van der Waals surface area contributed by atoms with Crippen molar-refractivity contribution in [1.29, 1.82) is 5.26 Å². The first-order valence-electron chi connectivity index (χ1n) is 11.0. The average Bonchev–Trinajstić information content (AvgIpc) is 3.45. The molecule has 5 aromatic rings. The number of pyridine rings is 1. The highest BCUT2D eigenvalue weighted by Gasteiger charge is 2.14. The SMILES string of the molecule is N#Cc1cc(-c2ccccc2)c(-c2ccc(CNCc3ccc(-c4csnn4)cc3)cc2)nc1Cl. The molecule has 0 spiro atoms. The number of nitrogens with zero attached hydrogens (tertiary/aromatic N) is 4. The Morgan fingerprint density at radius 2 is 1.49 bits per heavy atom. The van der Waals surface area contributed by atoms with Gasteiger partial charge in [-0.05, 0) is 34.3 Å². The molecule has 0 amide bonds. The molecule has 35 heavy (non-hydrogen) atoms. The van der Waals surface area contributed by atoms with E-state index in [-0.39, 0.29) is 5.15 Å². The van der Waals surface area contributed by atoms with E-state index >= 15 is 0 Å². The average molecular weight is 494 g/mol. The van der Waals surface area contributed by atoms with E-state index in [0.29, 0.717) is 5.56 Å². The lowest BCUT2D eigenvalue weighted by Crippen LogP contribution is -2.12. The molecule has 1 N–H and O–H groups in total. The van der Waals surface area contributed by atoms with Crippen LogP contribution in [0.1, 0.15) is 16.7 Å². The van der Waals surface area contributed by atoms with E-state index in [4.69, 9.17) is 11.6 Å². The number of nitriles is 1. The van der Waals surface area contributed by atoms with Gasteiger partial charge in [-0.25, -0.2) is 4.98 Å². The Morgan fingerprint density at radius 1 is 0.829 bits per heavy atom. The van der Waals surface area contributed by atoms with Crippen molar-refractivity contribution in [3.63, 3.8) is 0 Å². The van der Waals surface area contributed by atoms with Crippen LogP contribution in [0.25, 0.3) is 33.6 Å². The predicted molar refractivity (Wildman–Crippen MR) is 141 cm³/mol. The van der Waals surface area contributed by atoms with Crippen LogP contribution >= 0.6 is 23.1 Å². The summed E-state index contributed by atoms with van der Waals surface area (Å²) >= 11 is 7.64. The van der Waals surface area contributed by atoms with Gasteiger partial charge in [-0.1, -0.05) is 95.0 Å². The molecule has 0 atom stereocenters. The van der Waals surface area contributed by atoms with Crippen LogP contribution in [0.5, 0.6) is 0 Å². The molecule has 5 nitrogen and oxygen atoms in total. The predicted octanol–water partition coefficient (Wildman–Crippen LogP) is 6.75. The first-order chi connectivity index (χ1) is 17.2. The van der Waals surface area contributed by atoms with Gasteiger partial charge in [0.15, 0.2) is 0 Å². The monoisotopic (exact) mass is 493 g/mol. The van der Waals surface area contributed by atoms with Gasteiger partial charge in [0, 0.05) is 35.2 Å². The van der Waals surface area contributed by atoms with Crippen molar-refractivity contribution in [2.75, 3.05) is 0 Å². The Labute approximate surface area is 212 Å². The lowest BCUT2D eigenvalue weighted by Gasteiger charge is -2.12. The fourth-order valence-electron chi connectivity index (χ4n) is 3.84. The van der Waals surface area contributed by atoms with Crippen LogP contribution in [-0.4, -0.2) is 14.6 Å². The van der Waals surface area contributed by atoms with Gasteiger partial charge < -0.3 is 5.32 Å². The van der Waals surface area contributed by atoms with Crippen molar-refractivity contribution in [2.45, 2.75) is 13.1 Å². The topological polar surface area (TPSA) is 74.5 Å². The number of aromatic nitrogens is 3. The summed E-state index contributed by atoms with van der Waals surface area (Å²) in [5.41, 5.74) is 8.30. The van der Waals surface area contributed by atoms with Crippen LogP contribution in [0.15, 0.2) is 90.3 Å². The molecule has 0 saturated carbocycles. The van der Waals surface area contributed by atoms with Crippen molar-refractivity contribution in [1.82, 2.24) is 19.9 Å². The fraction of sp³-hybridized carbons (Fsp3) is 0.0714. The summed E-state index contributed by atoms with van der Waals surface area (Å²) in [5, 5.41) is 19.2. The van der Waals surface area contributed by atoms with E-state index in [1.54, 1.807) is 0 Å². The first kappa shape index (κ1) is 22.9. The van der Waals surface area contributed by atoms with E-state index in [1.807, 2.05) is 53.9 Å². The molecule has 0 bridgehead atoms. The third-order valence-electron chi connectivity index (χ3n) is 5.68. The fourth-order valence-corrected chi connectivity index (χ4v) is 4.49. The summed E-state index contributed by atoms with van der Waals surface area (Å²) in [6.07, 6.45) is 0. The van der Waals surface area contributed by atoms with Gasteiger partial charge in [0.2, 0.25) is 0 Å². The molecule has 0 saturated heterocycles. The Kier molecular flexibility index (Phi) is 6.92. The smallest absolute Gasteiger partial charge is 0.147 e. The van der Waals surface area contributed by atoms with Crippen LogP contribution in [0.3, 0.4) is 0 Å². The van der Waals surface area contributed by atoms with Gasteiger partial charge in [-0.15, -0.1) is 5.10 Å². The molecule has 0 radical (unpaired) electrons. The van der Waals surface area contributed by atoms with Crippen LogP contribution < -0.4 is 5.32 Å². The van der Waals surface area contributed by atoms with E-state index < -0.39 is 0 Å². The van der Waals surface area contributed by atoms with Crippen LogP contribution in [0, 0.1) is 11.3 Å². The van der Waals surface area contributed by atoms with E-state index in [0.717, 1.165) is 46.7 Å². The minimum absolute atomic E-state index is 0.213. The third kappa shape index (κ3) is 5.28. The zero-order valence-corrected chi connectivity index (χ0v) is 20.2. The maximum absolute atomic E-state index is 9.42. The summed E-state index contributed by atoms with van der Waals surface area (Å²) in [6, 6.07) is 30.5. The van der Waals surface area contributed by atoms with E-state index in [2.05, 4.69) is 62.4 Å². The van der Waals surface area contributed by atoms with Crippen molar-refractivity contribution in [3.8, 4) is 39.7 Å². The summed E-state index contributed by atoms with van der Waals surface area (Å²) in [5.74, 6) is 0. The summed E-state index contributed by atoms with van der Waals surface area (Å²) in [4.78, 5) is 4.57. The van der Waals surface area contributed by atoms with Crippen molar-refractivity contribution < 1.29 is 0 Å². The minimum Gasteiger partial charge on any atom is -0.309 e. The zero-order chi connectivity index (χ0) is 24.0. The van der Waals surface area contributed by atoms with Crippen molar-refractivity contribution >= 4 is 23.1 Å². The number of nitrogens with one attached hydrogen (secondary N) is 1. The molecule has 7 heteroatoms. The molecular weight excluding hydrogens is 474 g/mol. The lowest BCUT2D eigenvalue weighted by atomic mass is 9.97. The van der Waals surface area contributed by atoms with Gasteiger partial charge in [-0.3, -0.25) is 0 Å². The van der Waals surface area contributed by atoms with E-state index in [9.17, 15) is 5.26 Å². The molecular formula is C28H20ClN5S. The summed E-state index contributed by atoms with van der Waals surface area (Å²) < 4.78 is 3.92. The van der Waals surface area contributed by atoms with Gasteiger partial charge in [0.25, 0.3) is 0 Å². The normalized spacial score (nSPS) is 10.7. The standard InChI is InChI=1S/C28H20ClN5S/c29-28-24(15-30)14-25(21-4-2-1-3-5-21)27(32-28)23-12-8-20(9-13-23)17-31-16-19-6-10-22(11-7-19)26-18-35-34-33-26/h1-14,18,31H,16-17H2. The molecule has 0 aliphatic carbocycles.